The molecule has 2 aromatic heterocycles. The van der Waals surface area contributed by atoms with Gasteiger partial charge in [0.05, 0.1) is 11.9 Å². The van der Waals surface area contributed by atoms with Crippen molar-refractivity contribution in [2.75, 3.05) is 45.1 Å². The highest BCUT2D eigenvalue weighted by Gasteiger charge is 2.20. The second kappa shape index (κ2) is 10.2. The number of carbonyl (C=O) groups is 2. The van der Waals surface area contributed by atoms with Gasteiger partial charge in [0.1, 0.15) is 5.65 Å². The van der Waals surface area contributed by atoms with E-state index in [-0.39, 0.29) is 11.9 Å². The quantitative estimate of drug-likeness (QED) is 0.447. The molecule has 1 saturated heterocycles. The lowest BCUT2D eigenvalue weighted by atomic mass is 10.0. The number of carbonyl (C=O) groups excluding carboxylic acids is 2. The first-order chi connectivity index (χ1) is 17.5. The Morgan fingerprint density at radius 2 is 1.69 bits per heavy atom. The van der Waals surface area contributed by atoms with Crippen LogP contribution < -0.4 is 10.6 Å². The van der Waals surface area contributed by atoms with Crippen LogP contribution in [0.5, 0.6) is 0 Å². The fourth-order valence-electron chi connectivity index (χ4n) is 4.46. The summed E-state index contributed by atoms with van der Waals surface area (Å²) < 4.78 is 2.03. The van der Waals surface area contributed by atoms with Gasteiger partial charge < -0.3 is 20.4 Å². The second-order valence-electron chi connectivity index (χ2n) is 9.03. The van der Waals surface area contributed by atoms with E-state index in [0.29, 0.717) is 12.1 Å². The van der Waals surface area contributed by atoms with Crippen LogP contribution in [-0.2, 0) is 0 Å². The van der Waals surface area contributed by atoms with Crippen molar-refractivity contribution in [3.05, 3.63) is 78.6 Å². The van der Waals surface area contributed by atoms with Crippen LogP contribution in [0.4, 0.5) is 10.5 Å². The number of hydrogen-bond donors (Lipinski definition) is 2. The lowest BCUT2D eigenvalue weighted by Crippen LogP contribution is -2.47. The van der Waals surface area contributed by atoms with Gasteiger partial charge in [0.25, 0.3) is 5.91 Å². The number of benzene rings is 2. The number of piperazine rings is 1. The molecule has 1 aliphatic rings. The molecule has 3 amide bonds. The van der Waals surface area contributed by atoms with E-state index >= 15 is 0 Å². The van der Waals surface area contributed by atoms with E-state index in [1.165, 1.54) is 0 Å². The maximum atomic E-state index is 12.8. The van der Waals surface area contributed by atoms with Gasteiger partial charge in [-0.25, -0.2) is 9.78 Å². The number of aromatic nitrogens is 2. The molecular formula is C28H30N6O2. The summed E-state index contributed by atoms with van der Waals surface area (Å²) in [6, 6.07) is 19.4. The summed E-state index contributed by atoms with van der Waals surface area (Å²) in [7, 11) is 2.08. The van der Waals surface area contributed by atoms with Crippen molar-refractivity contribution in [2.45, 2.75) is 6.92 Å². The SMILES string of the molecule is CCNC(=O)Nc1cccc(-c2cnc3cc(-c4ccc(C(=O)N5CCN(C)CC5)cc4)ccn23)c1. The number of hydrogen-bond acceptors (Lipinski definition) is 4. The highest BCUT2D eigenvalue weighted by molar-refractivity contribution is 5.95. The molecule has 184 valence electrons. The highest BCUT2D eigenvalue weighted by Crippen LogP contribution is 2.27. The topological polar surface area (TPSA) is 82.0 Å². The first kappa shape index (κ1) is 23.6. The Morgan fingerprint density at radius 1 is 0.917 bits per heavy atom. The standard InChI is InChI=1S/C28H30N6O2/c1-3-29-28(36)31-24-6-4-5-23(17-24)25-19-30-26-18-22(11-12-34(25)26)20-7-9-21(10-8-20)27(35)33-15-13-32(2)14-16-33/h4-12,17-19H,3,13-16H2,1-2H3,(H2,29,31,36). The maximum absolute atomic E-state index is 12.8. The average molecular weight is 483 g/mol. The molecule has 1 aliphatic heterocycles. The Labute approximate surface area is 210 Å². The van der Waals surface area contributed by atoms with Crippen molar-refractivity contribution in [2.24, 2.45) is 0 Å². The lowest BCUT2D eigenvalue weighted by Gasteiger charge is -2.32. The predicted molar refractivity (Wildman–Crippen MR) is 142 cm³/mol. The van der Waals surface area contributed by atoms with E-state index in [1.807, 2.05) is 89.3 Å². The van der Waals surface area contributed by atoms with E-state index in [4.69, 9.17) is 0 Å². The number of rotatable bonds is 5. The minimum atomic E-state index is -0.228. The van der Waals surface area contributed by atoms with E-state index < -0.39 is 0 Å². The smallest absolute Gasteiger partial charge is 0.319 e. The van der Waals surface area contributed by atoms with Crippen molar-refractivity contribution >= 4 is 23.3 Å². The third-order valence-electron chi connectivity index (χ3n) is 6.52. The highest BCUT2D eigenvalue weighted by atomic mass is 16.2. The summed E-state index contributed by atoms with van der Waals surface area (Å²) in [4.78, 5) is 33.5. The molecule has 0 atom stereocenters. The summed E-state index contributed by atoms with van der Waals surface area (Å²) in [5.74, 6) is 0.0897. The van der Waals surface area contributed by atoms with Crippen molar-refractivity contribution in [3.8, 4) is 22.4 Å². The molecule has 8 nitrogen and oxygen atoms in total. The van der Waals surface area contributed by atoms with Crippen LogP contribution >= 0.6 is 0 Å². The van der Waals surface area contributed by atoms with E-state index in [0.717, 1.165) is 59.9 Å². The molecule has 0 unspecified atom stereocenters. The molecule has 2 aromatic carbocycles. The van der Waals surface area contributed by atoms with Gasteiger partial charge in [-0.3, -0.25) is 9.20 Å². The van der Waals surface area contributed by atoms with Crippen molar-refractivity contribution in [3.63, 3.8) is 0 Å². The first-order valence-corrected chi connectivity index (χ1v) is 12.2. The van der Waals surface area contributed by atoms with Gasteiger partial charge in [0.2, 0.25) is 0 Å². The zero-order valence-corrected chi connectivity index (χ0v) is 20.6. The normalized spacial score (nSPS) is 14.1. The number of anilines is 1. The van der Waals surface area contributed by atoms with Gasteiger partial charge in [-0.1, -0.05) is 24.3 Å². The monoisotopic (exact) mass is 482 g/mol. The molecule has 3 heterocycles. The zero-order valence-electron chi connectivity index (χ0n) is 20.6. The number of urea groups is 1. The number of fused-ring (bicyclic) bond motifs is 1. The number of imidazole rings is 1. The Kier molecular flexibility index (Phi) is 6.69. The number of pyridine rings is 1. The fourth-order valence-corrected chi connectivity index (χ4v) is 4.46. The summed E-state index contributed by atoms with van der Waals surface area (Å²) in [5.41, 5.74) is 6.21. The molecule has 0 spiro atoms. The molecule has 5 rings (SSSR count). The van der Waals surface area contributed by atoms with Gasteiger partial charge in [-0.15, -0.1) is 0 Å². The summed E-state index contributed by atoms with van der Waals surface area (Å²) in [5, 5.41) is 5.59. The van der Waals surface area contributed by atoms with Crippen LogP contribution in [0.25, 0.3) is 28.0 Å². The third-order valence-corrected chi connectivity index (χ3v) is 6.52. The number of likely N-dealkylation sites (N-methyl/N-ethyl adjacent to an activating group) is 1. The Morgan fingerprint density at radius 3 is 2.44 bits per heavy atom. The van der Waals surface area contributed by atoms with Gasteiger partial charge in [-0.05, 0) is 61.5 Å². The molecular weight excluding hydrogens is 452 g/mol. The molecule has 0 aliphatic carbocycles. The molecule has 0 radical (unpaired) electrons. The van der Waals surface area contributed by atoms with Crippen molar-refractivity contribution in [1.82, 2.24) is 24.5 Å². The number of nitrogens with one attached hydrogen (secondary N) is 2. The first-order valence-electron chi connectivity index (χ1n) is 12.2. The van der Waals surface area contributed by atoms with Gasteiger partial charge in [0.15, 0.2) is 0 Å². The molecule has 4 aromatic rings. The predicted octanol–water partition coefficient (Wildman–Crippen LogP) is 4.20. The van der Waals surface area contributed by atoms with Crippen LogP contribution in [0.1, 0.15) is 17.3 Å². The minimum absolute atomic E-state index is 0.0897. The Balaban J connectivity index is 1.34. The summed E-state index contributed by atoms with van der Waals surface area (Å²) >= 11 is 0. The minimum Gasteiger partial charge on any atom is -0.338 e. The summed E-state index contributed by atoms with van der Waals surface area (Å²) in [6.45, 7) is 5.79. The zero-order chi connectivity index (χ0) is 25.1. The van der Waals surface area contributed by atoms with Crippen LogP contribution in [0.2, 0.25) is 0 Å². The van der Waals surface area contributed by atoms with Crippen molar-refractivity contribution < 1.29 is 9.59 Å². The second-order valence-corrected chi connectivity index (χ2v) is 9.03. The fraction of sp³-hybridized carbons (Fsp3) is 0.250. The largest absolute Gasteiger partial charge is 0.338 e. The number of amides is 3. The van der Waals surface area contributed by atoms with Crippen LogP contribution in [0.15, 0.2) is 73.1 Å². The molecule has 1 fully saturated rings. The van der Waals surface area contributed by atoms with Crippen LogP contribution in [-0.4, -0.2) is 70.9 Å². The number of nitrogens with zero attached hydrogens (tertiary/aromatic N) is 4. The summed E-state index contributed by atoms with van der Waals surface area (Å²) in [6.07, 6.45) is 3.84. The van der Waals surface area contributed by atoms with Crippen molar-refractivity contribution in [1.29, 1.82) is 0 Å². The Bertz CT molecular complexity index is 1390. The molecule has 0 bridgehead atoms. The van der Waals surface area contributed by atoms with E-state index in [9.17, 15) is 9.59 Å². The van der Waals surface area contributed by atoms with Gasteiger partial charge >= 0.3 is 6.03 Å². The van der Waals surface area contributed by atoms with Gasteiger partial charge in [0, 0.05) is 55.7 Å². The van der Waals surface area contributed by atoms with Crippen LogP contribution in [0.3, 0.4) is 0 Å². The van der Waals surface area contributed by atoms with Crippen LogP contribution in [0, 0.1) is 0 Å². The molecule has 0 saturated carbocycles. The maximum Gasteiger partial charge on any atom is 0.319 e. The van der Waals surface area contributed by atoms with E-state index in [1.54, 1.807) is 0 Å². The lowest BCUT2D eigenvalue weighted by molar-refractivity contribution is 0.0664. The van der Waals surface area contributed by atoms with Gasteiger partial charge in [-0.2, -0.15) is 0 Å². The Hall–Kier alpha value is -4.17. The third kappa shape index (κ3) is 4.94. The molecule has 2 N–H and O–H groups in total. The molecule has 36 heavy (non-hydrogen) atoms. The molecule has 8 heteroatoms. The average Bonchev–Trinajstić information content (AvgIpc) is 3.32. The van der Waals surface area contributed by atoms with E-state index in [2.05, 4.69) is 27.6 Å².